The monoisotopic (exact) mass is 440 g/mol. The maximum absolute atomic E-state index is 12.8. The van der Waals surface area contributed by atoms with Gasteiger partial charge in [0.15, 0.2) is 9.84 Å². The van der Waals surface area contributed by atoms with Crippen LogP contribution in [0.4, 0.5) is 5.69 Å². The molecule has 6 nitrogen and oxygen atoms in total. The van der Waals surface area contributed by atoms with E-state index >= 15 is 0 Å². The number of anilines is 1. The first-order valence-corrected chi connectivity index (χ1v) is 12.5. The number of nitrogens with zero attached hydrogens (tertiary/aromatic N) is 1. The molecule has 0 bridgehead atoms. The molecule has 2 amide bonds. The summed E-state index contributed by atoms with van der Waals surface area (Å²) in [4.78, 5) is 26.6. The van der Waals surface area contributed by atoms with E-state index < -0.39 is 9.84 Å². The molecule has 1 N–H and O–H groups in total. The van der Waals surface area contributed by atoms with E-state index in [1.807, 2.05) is 37.3 Å². The van der Waals surface area contributed by atoms with Gasteiger partial charge in [0.2, 0.25) is 11.8 Å². The lowest BCUT2D eigenvalue weighted by Gasteiger charge is -2.17. The molecule has 4 rings (SSSR count). The summed E-state index contributed by atoms with van der Waals surface area (Å²) in [6.07, 6.45) is 2.48. The van der Waals surface area contributed by atoms with E-state index in [0.29, 0.717) is 19.5 Å². The second kappa shape index (κ2) is 8.83. The van der Waals surface area contributed by atoms with Crippen LogP contribution in [-0.2, 0) is 25.8 Å². The lowest BCUT2D eigenvalue weighted by Crippen LogP contribution is -2.30. The molecule has 1 heterocycles. The quantitative estimate of drug-likeness (QED) is 0.684. The van der Waals surface area contributed by atoms with Gasteiger partial charge >= 0.3 is 0 Å². The van der Waals surface area contributed by atoms with Crippen molar-refractivity contribution in [3.05, 3.63) is 59.7 Å². The fraction of sp³-hybridized carbons (Fsp3) is 0.417. The average molecular weight is 441 g/mol. The van der Waals surface area contributed by atoms with E-state index in [9.17, 15) is 18.0 Å². The zero-order valence-corrected chi connectivity index (χ0v) is 18.5. The van der Waals surface area contributed by atoms with Crippen molar-refractivity contribution in [1.29, 1.82) is 0 Å². The molecule has 0 aromatic heterocycles. The molecule has 7 heteroatoms. The van der Waals surface area contributed by atoms with Crippen LogP contribution >= 0.6 is 0 Å². The minimum atomic E-state index is -3.57. The number of sulfone groups is 1. The van der Waals surface area contributed by atoms with Gasteiger partial charge in [0.05, 0.1) is 10.6 Å². The number of carbonyl (C=O) groups excluding carboxylic acids is 2. The van der Waals surface area contributed by atoms with Crippen LogP contribution in [-0.4, -0.2) is 39.1 Å². The normalized spacial score (nSPS) is 16.6. The molecule has 1 saturated carbocycles. The van der Waals surface area contributed by atoms with Gasteiger partial charge in [-0.3, -0.25) is 9.59 Å². The molecule has 1 atom stereocenters. The van der Waals surface area contributed by atoms with Crippen molar-refractivity contribution in [2.75, 3.05) is 23.7 Å². The fourth-order valence-corrected chi connectivity index (χ4v) is 5.24. The number of rotatable bonds is 8. The number of hydrogen-bond donors (Lipinski definition) is 1. The molecule has 2 aromatic carbocycles. The van der Waals surface area contributed by atoms with Crippen LogP contribution in [0.5, 0.6) is 0 Å². The Morgan fingerprint density at radius 1 is 1.13 bits per heavy atom. The molecule has 0 saturated heterocycles. The fourth-order valence-electron chi connectivity index (χ4n) is 3.95. The standard InChI is InChI=1S/C24H28N2O4S/c1-17(18-5-3-2-4-6-18)16-25-23(27)12-14-31(29,30)21-9-10-22-20(15-21)11-13-26(22)24(28)19-7-8-19/h2-6,9-10,15,17,19H,7-8,11-14,16H2,1H3,(H,25,27)/t17-/m0/s1. The molecule has 0 unspecified atom stereocenters. The Morgan fingerprint density at radius 2 is 1.87 bits per heavy atom. The molecule has 2 aliphatic rings. The van der Waals surface area contributed by atoms with E-state index in [0.717, 1.165) is 29.7 Å². The van der Waals surface area contributed by atoms with Gasteiger partial charge in [0.25, 0.3) is 0 Å². The van der Waals surface area contributed by atoms with Crippen LogP contribution in [0.15, 0.2) is 53.4 Å². The predicted octanol–water partition coefficient (Wildman–Crippen LogP) is 3.07. The van der Waals surface area contributed by atoms with E-state index in [-0.39, 0.29) is 40.7 Å². The molecule has 0 radical (unpaired) electrons. The first kappa shape index (κ1) is 21.6. The molecule has 164 valence electrons. The lowest BCUT2D eigenvalue weighted by molar-refractivity contribution is -0.121. The summed E-state index contributed by atoms with van der Waals surface area (Å²) in [6.45, 7) is 3.09. The minimum absolute atomic E-state index is 0.0762. The summed E-state index contributed by atoms with van der Waals surface area (Å²) >= 11 is 0. The van der Waals surface area contributed by atoms with Gasteiger partial charge in [0.1, 0.15) is 0 Å². The summed E-state index contributed by atoms with van der Waals surface area (Å²) in [5.41, 5.74) is 2.84. The van der Waals surface area contributed by atoms with Crippen molar-refractivity contribution in [1.82, 2.24) is 5.32 Å². The van der Waals surface area contributed by atoms with Crippen LogP contribution in [0.3, 0.4) is 0 Å². The largest absolute Gasteiger partial charge is 0.355 e. The van der Waals surface area contributed by atoms with E-state index in [2.05, 4.69) is 5.32 Å². The van der Waals surface area contributed by atoms with Crippen LogP contribution in [0.25, 0.3) is 0 Å². The summed E-state index contributed by atoms with van der Waals surface area (Å²) in [7, 11) is -3.57. The number of benzene rings is 2. The Labute approximate surface area is 183 Å². The Balaban J connectivity index is 1.32. The molecule has 1 aliphatic heterocycles. The number of carbonyl (C=O) groups is 2. The van der Waals surface area contributed by atoms with Crippen LogP contribution in [0.2, 0.25) is 0 Å². The number of nitrogens with one attached hydrogen (secondary N) is 1. The van der Waals surface area contributed by atoms with Gasteiger partial charge in [-0.15, -0.1) is 0 Å². The third kappa shape index (κ3) is 4.98. The van der Waals surface area contributed by atoms with Gasteiger partial charge in [-0.2, -0.15) is 0 Å². The van der Waals surface area contributed by atoms with E-state index in [1.165, 1.54) is 0 Å². The molecular formula is C24H28N2O4S. The summed E-state index contributed by atoms with van der Waals surface area (Å²) in [6, 6.07) is 14.8. The van der Waals surface area contributed by atoms with Gasteiger partial charge in [-0.1, -0.05) is 37.3 Å². The van der Waals surface area contributed by atoms with Gasteiger partial charge in [0, 0.05) is 31.1 Å². The first-order valence-electron chi connectivity index (χ1n) is 10.8. The zero-order valence-electron chi connectivity index (χ0n) is 17.7. The molecular weight excluding hydrogens is 412 g/mol. The molecule has 31 heavy (non-hydrogen) atoms. The second-order valence-electron chi connectivity index (χ2n) is 8.49. The molecule has 1 aliphatic carbocycles. The van der Waals surface area contributed by atoms with Crippen LogP contribution in [0, 0.1) is 5.92 Å². The SMILES string of the molecule is C[C@@H](CNC(=O)CCS(=O)(=O)c1ccc2c(c1)CCN2C(=O)C1CC1)c1ccccc1. The summed E-state index contributed by atoms with van der Waals surface area (Å²) < 4.78 is 25.5. The third-order valence-electron chi connectivity index (χ3n) is 6.07. The lowest BCUT2D eigenvalue weighted by atomic mass is 10.0. The highest BCUT2D eigenvalue weighted by Crippen LogP contribution is 2.37. The van der Waals surface area contributed by atoms with Crippen molar-refractivity contribution in [3.63, 3.8) is 0 Å². The Bertz CT molecular complexity index is 1080. The molecule has 1 fully saturated rings. The average Bonchev–Trinajstić information content (AvgIpc) is 3.55. The predicted molar refractivity (Wildman–Crippen MR) is 120 cm³/mol. The van der Waals surface area contributed by atoms with Crippen LogP contribution in [0.1, 0.15) is 43.2 Å². The van der Waals surface area contributed by atoms with Crippen molar-refractivity contribution in [2.24, 2.45) is 5.92 Å². The van der Waals surface area contributed by atoms with Crippen molar-refractivity contribution < 1.29 is 18.0 Å². The summed E-state index contributed by atoms with van der Waals surface area (Å²) in [5.74, 6) is -0.0658. The van der Waals surface area contributed by atoms with Crippen LogP contribution < -0.4 is 10.2 Å². The second-order valence-corrected chi connectivity index (χ2v) is 10.6. The highest BCUT2D eigenvalue weighted by Gasteiger charge is 2.36. The third-order valence-corrected chi connectivity index (χ3v) is 7.78. The number of amides is 2. The number of hydrogen-bond acceptors (Lipinski definition) is 4. The Morgan fingerprint density at radius 3 is 2.58 bits per heavy atom. The Hall–Kier alpha value is -2.67. The van der Waals surface area contributed by atoms with Gasteiger partial charge in [-0.05, 0) is 54.5 Å². The van der Waals surface area contributed by atoms with E-state index in [1.54, 1.807) is 23.1 Å². The topological polar surface area (TPSA) is 83.6 Å². The van der Waals surface area contributed by atoms with Gasteiger partial charge < -0.3 is 10.2 Å². The smallest absolute Gasteiger partial charge is 0.230 e. The summed E-state index contributed by atoms with van der Waals surface area (Å²) in [5, 5.41) is 2.83. The van der Waals surface area contributed by atoms with Crippen molar-refractivity contribution in [2.45, 2.75) is 43.4 Å². The van der Waals surface area contributed by atoms with Crippen molar-refractivity contribution in [3.8, 4) is 0 Å². The zero-order chi connectivity index (χ0) is 22.0. The van der Waals surface area contributed by atoms with Crippen molar-refractivity contribution >= 4 is 27.3 Å². The van der Waals surface area contributed by atoms with E-state index in [4.69, 9.17) is 0 Å². The molecule has 0 spiro atoms. The highest BCUT2D eigenvalue weighted by molar-refractivity contribution is 7.91. The highest BCUT2D eigenvalue weighted by atomic mass is 32.2. The maximum Gasteiger partial charge on any atom is 0.230 e. The van der Waals surface area contributed by atoms with Gasteiger partial charge in [-0.25, -0.2) is 8.42 Å². The first-order chi connectivity index (χ1) is 14.8. The minimum Gasteiger partial charge on any atom is -0.355 e. The maximum atomic E-state index is 12.8. The molecule has 2 aromatic rings. The number of fused-ring (bicyclic) bond motifs is 1. The Kier molecular flexibility index (Phi) is 6.14.